The van der Waals surface area contributed by atoms with E-state index in [4.69, 9.17) is 0 Å². The number of hydrogen-bond acceptors (Lipinski definition) is 2. The van der Waals surface area contributed by atoms with Crippen molar-refractivity contribution in [1.82, 2.24) is 10.6 Å². The summed E-state index contributed by atoms with van der Waals surface area (Å²) in [5.41, 5.74) is 3.04. The second kappa shape index (κ2) is 10.5. The van der Waals surface area contributed by atoms with E-state index < -0.39 is 0 Å². The second-order valence-corrected chi connectivity index (χ2v) is 7.15. The average Bonchev–Trinajstić information content (AvgIpc) is 2.67. The number of amides is 2. The SMILES string of the molecule is CCCc1ccc(C(NC(=O)CCNC(=O)c2ccccc2)C(C)C)cc1. The Hall–Kier alpha value is -2.62. The summed E-state index contributed by atoms with van der Waals surface area (Å²) in [6.07, 6.45) is 2.45. The Bertz CT molecular complexity index is 724. The van der Waals surface area contributed by atoms with Gasteiger partial charge in [0.25, 0.3) is 5.91 Å². The first-order valence-electron chi connectivity index (χ1n) is 9.72. The predicted molar refractivity (Wildman–Crippen MR) is 110 cm³/mol. The summed E-state index contributed by atoms with van der Waals surface area (Å²) in [5, 5.41) is 5.90. The maximum atomic E-state index is 12.4. The molecule has 2 N–H and O–H groups in total. The summed E-state index contributed by atoms with van der Waals surface area (Å²) < 4.78 is 0. The van der Waals surface area contributed by atoms with Crippen LogP contribution < -0.4 is 10.6 Å². The summed E-state index contributed by atoms with van der Waals surface area (Å²) in [6, 6.07) is 17.5. The molecule has 27 heavy (non-hydrogen) atoms. The van der Waals surface area contributed by atoms with Gasteiger partial charge in [-0.1, -0.05) is 69.7 Å². The van der Waals surface area contributed by atoms with Crippen LogP contribution in [0.1, 0.15) is 61.1 Å². The van der Waals surface area contributed by atoms with Crippen molar-refractivity contribution in [1.29, 1.82) is 0 Å². The van der Waals surface area contributed by atoms with E-state index in [0.29, 0.717) is 12.1 Å². The second-order valence-electron chi connectivity index (χ2n) is 7.15. The van der Waals surface area contributed by atoms with E-state index in [2.05, 4.69) is 55.7 Å². The largest absolute Gasteiger partial charge is 0.352 e. The van der Waals surface area contributed by atoms with Crippen LogP contribution in [0.15, 0.2) is 54.6 Å². The maximum Gasteiger partial charge on any atom is 0.251 e. The molecule has 0 aliphatic rings. The number of aryl methyl sites for hydroxylation is 1. The van der Waals surface area contributed by atoms with Crippen molar-refractivity contribution in [2.45, 2.75) is 46.1 Å². The van der Waals surface area contributed by atoms with E-state index in [1.807, 2.05) is 18.2 Å². The van der Waals surface area contributed by atoms with Crippen molar-refractivity contribution in [2.75, 3.05) is 6.54 Å². The molecule has 0 aliphatic heterocycles. The Morgan fingerprint density at radius 1 is 0.963 bits per heavy atom. The first kappa shape index (κ1) is 20.7. The van der Waals surface area contributed by atoms with Gasteiger partial charge in [0.15, 0.2) is 0 Å². The van der Waals surface area contributed by atoms with E-state index in [1.54, 1.807) is 12.1 Å². The molecule has 0 heterocycles. The molecule has 0 spiro atoms. The van der Waals surface area contributed by atoms with Crippen LogP contribution in [-0.2, 0) is 11.2 Å². The Labute approximate surface area is 162 Å². The van der Waals surface area contributed by atoms with Crippen molar-refractivity contribution in [3.63, 3.8) is 0 Å². The van der Waals surface area contributed by atoms with Crippen LogP contribution in [0, 0.1) is 5.92 Å². The predicted octanol–water partition coefficient (Wildman–Crippen LogP) is 4.27. The molecule has 2 aromatic rings. The minimum Gasteiger partial charge on any atom is -0.352 e. The molecule has 144 valence electrons. The van der Waals surface area contributed by atoms with Gasteiger partial charge in [-0.3, -0.25) is 9.59 Å². The van der Waals surface area contributed by atoms with E-state index in [-0.39, 0.29) is 30.2 Å². The summed E-state index contributed by atoms with van der Waals surface area (Å²) in [7, 11) is 0. The number of hydrogen-bond donors (Lipinski definition) is 2. The molecule has 0 saturated heterocycles. The van der Waals surface area contributed by atoms with Crippen LogP contribution >= 0.6 is 0 Å². The summed E-state index contributed by atoms with van der Waals surface area (Å²) >= 11 is 0. The molecule has 0 aliphatic carbocycles. The molecule has 4 heteroatoms. The fourth-order valence-corrected chi connectivity index (χ4v) is 3.04. The van der Waals surface area contributed by atoms with E-state index in [1.165, 1.54) is 5.56 Å². The Balaban J connectivity index is 1.86. The zero-order valence-corrected chi connectivity index (χ0v) is 16.5. The molecule has 1 unspecified atom stereocenters. The van der Waals surface area contributed by atoms with Gasteiger partial charge in [-0.25, -0.2) is 0 Å². The zero-order chi connectivity index (χ0) is 19.6. The maximum absolute atomic E-state index is 12.4. The van der Waals surface area contributed by atoms with Crippen molar-refractivity contribution in [2.24, 2.45) is 5.92 Å². The van der Waals surface area contributed by atoms with Gasteiger partial charge in [-0.05, 0) is 35.6 Å². The molecular weight excluding hydrogens is 336 g/mol. The lowest BCUT2D eigenvalue weighted by atomic mass is 9.94. The lowest BCUT2D eigenvalue weighted by Gasteiger charge is -2.23. The zero-order valence-electron chi connectivity index (χ0n) is 16.5. The molecule has 1 atom stereocenters. The van der Waals surface area contributed by atoms with Gasteiger partial charge in [0, 0.05) is 18.5 Å². The van der Waals surface area contributed by atoms with Crippen LogP contribution in [0.4, 0.5) is 0 Å². The van der Waals surface area contributed by atoms with Crippen molar-refractivity contribution in [3.05, 3.63) is 71.3 Å². The minimum atomic E-state index is -0.157. The minimum absolute atomic E-state index is 0.0296. The van der Waals surface area contributed by atoms with Crippen LogP contribution in [0.2, 0.25) is 0 Å². The highest BCUT2D eigenvalue weighted by atomic mass is 16.2. The number of rotatable bonds is 9. The van der Waals surface area contributed by atoms with Gasteiger partial charge in [-0.2, -0.15) is 0 Å². The molecule has 0 aromatic heterocycles. The number of carbonyl (C=O) groups excluding carboxylic acids is 2. The summed E-state index contributed by atoms with van der Waals surface area (Å²) in [5.74, 6) is 0.0694. The fraction of sp³-hybridized carbons (Fsp3) is 0.391. The number of nitrogens with one attached hydrogen (secondary N) is 2. The van der Waals surface area contributed by atoms with Gasteiger partial charge < -0.3 is 10.6 Å². The normalized spacial score (nSPS) is 11.9. The lowest BCUT2D eigenvalue weighted by molar-refractivity contribution is -0.122. The quantitative estimate of drug-likeness (QED) is 0.696. The standard InChI is InChI=1S/C23H30N2O2/c1-4-8-18-11-13-19(14-12-18)22(17(2)3)25-21(26)15-16-24-23(27)20-9-6-5-7-10-20/h5-7,9-14,17,22H,4,8,15-16H2,1-3H3,(H,24,27)(H,25,26). The summed E-state index contributed by atoms with van der Waals surface area (Å²) in [4.78, 5) is 24.4. The van der Waals surface area contributed by atoms with E-state index >= 15 is 0 Å². The molecular formula is C23H30N2O2. The fourth-order valence-electron chi connectivity index (χ4n) is 3.04. The third kappa shape index (κ3) is 6.55. The smallest absolute Gasteiger partial charge is 0.251 e. The van der Waals surface area contributed by atoms with Crippen LogP contribution in [0.25, 0.3) is 0 Å². The summed E-state index contributed by atoms with van der Waals surface area (Å²) in [6.45, 7) is 6.69. The van der Waals surface area contributed by atoms with Gasteiger partial charge in [-0.15, -0.1) is 0 Å². The molecule has 0 radical (unpaired) electrons. The van der Waals surface area contributed by atoms with Crippen LogP contribution in [0.3, 0.4) is 0 Å². The van der Waals surface area contributed by atoms with E-state index in [9.17, 15) is 9.59 Å². The monoisotopic (exact) mass is 366 g/mol. The highest BCUT2D eigenvalue weighted by Gasteiger charge is 2.18. The third-order valence-corrected chi connectivity index (χ3v) is 4.53. The van der Waals surface area contributed by atoms with E-state index in [0.717, 1.165) is 18.4 Å². The lowest BCUT2D eigenvalue weighted by Crippen LogP contribution is -2.34. The molecule has 4 nitrogen and oxygen atoms in total. The van der Waals surface area contributed by atoms with Crippen LogP contribution in [0.5, 0.6) is 0 Å². The molecule has 2 aromatic carbocycles. The highest BCUT2D eigenvalue weighted by Crippen LogP contribution is 2.22. The van der Waals surface area contributed by atoms with Crippen molar-refractivity contribution >= 4 is 11.8 Å². The first-order chi connectivity index (χ1) is 13.0. The third-order valence-electron chi connectivity index (χ3n) is 4.53. The van der Waals surface area contributed by atoms with Crippen molar-refractivity contribution in [3.8, 4) is 0 Å². The highest BCUT2D eigenvalue weighted by molar-refractivity contribution is 5.94. The Morgan fingerprint density at radius 2 is 1.63 bits per heavy atom. The number of benzene rings is 2. The molecule has 2 rings (SSSR count). The molecule has 0 bridgehead atoms. The molecule has 0 saturated carbocycles. The van der Waals surface area contributed by atoms with Gasteiger partial charge >= 0.3 is 0 Å². The first-order valence-corrected chi connectivity index (χ1v) is 9.72. The topological polar surface area (TPSA) is 58.2 Å². The molecule has 0 fully saturated rings. The van der Waals surface area contributed by atoms with Gasteiger partial charge in [0.05, 0.1) is 6.04 Å². The van der Waals surface area contributed by atoms with Crippen molar-refractivity contribution < 1.29 is 9.59 Å². The van der Waals surface area contributed by atoms with Gasteiger partial charge in [0.1, 0.15) is 0 Å². The molecule has 2 amide bonds. The van der Waals surface area contributed by atoms with Gasteiger partial charge in [0.2, 0.25) is 5.91 Å². The average molecular weight is 367 g/mol. The number of carbonyl (C=O) groups is 2. The Kier molecular flexibility index (Phi) is 8.05. The Morgan fingerprint density at radius 3 is 2.22 bits per heavy atom. The van der Waals surface area contributed by atoms with Crippen LogP contribution in [-0.4, -0.2) is 18.4 Å².